The maximum Gasteiger partial charge on any atom is 0.254 e. The van der Waals surface area contributed by atoms with E-state index in [2.05, 4.69) is 23.9 Å². The van der Waals surface area contributed by atoms with Crippen LogP contribution in [0.3, 0.4) is 0 Å². The van der Waals surface area contributed by atoms with Crippen LogP contribution in [0.4, 0.5) is 0 Å². The molecular weight excluding hydrogens is 438 g/mol. The molecule has 2 amide bonds. The summed E-state index contributed by atoms with van der Waals surface area (Å²) < 4.78 is 1.87. The van der Waals surface area contributed by atoms with E-state index >= 15 is 0 Å². The Kier molecular flexibility index (Phi) is 7.63. The summed E-state index contributed by atoms with van der Waals surface area (Å²) in [5.74, 6) is 0.561. The van der Waals surface area contributed by atoms with Crippen molar-refractivity contribution in [2.75, 3.05) is 26.2 Å². The van der Waals surface area contributed by atoms with Gasteiger partial charge in [-0.3, -0.25) is 14.6 Å². The van der Waals surface area contributed by atoms with Crippen LogP contribution in [0.5, 0.6) is 0 Å². The van der Waals surface area contributed by atoms with Crippen LogP contribution in [0, 0.1) is 25.7 Å². The third kappa shape index (κ3) is 6.15. The van der Waals surface area contributed by atoms with Crippen molar-refractivity contribution in [1.82, 2.24) is 24.6 Å². The van der Waals surface area contributed by atoms with Gasteiger partial charge >= 0.3 is 0 Å². The molecule has 0 spiro atoms. The van der Waals surface area contributed by atoms with Crippen LogP contribution in [0.1, 0.15) is 47.7 Å². The Bertz CT molecular complexity index is 1170. The molecule has 1 aliphatic rings. The van der Waals surface area contributed by atoms with Gasteiger partial charge in [0.15, 0.2) is 0 Å². The highest BCUT2D eigenvalue weighted by Crippen LogP contribution is 2.20. The summed E-state index contributed by atoms with van der Waals surface area (Å²) in [5, 5.41) is 4.56. The Labute approximate surface area is 207 Å². The van der Waals surface area contributed by atoms with Gasteiger partial charge in [0.25, 0.3) is 5.91 Å². The van der Waals surface area contributed by atoms with Crippen molar-refractivity contribution in [3.05, 3.63) is 77.4 Å². The molecule has 0 saturated carbocycles. The highest BCUT2D eigenvalue weighted by molar-refractivity contribution is 5.95. The van der Waals surface area contributed by atoms with Crippen LogP contribution < -0.4 is 0 Å². The molecule has 3 heterocycles. The standard InChI is InChI=1S/C28H35N5O2/c1-20(2)14-27(34)31-12-13-32(19-23(18-31)16-25-9-5-6-11-29-25)28(35)24-8-7-10-26(17-24)33-22(4)15-21(3)30-33/h5-11,15,17,20,23H,12-14,16,18-19H2,1-4H3. The average Bonchev–Trinajstić information content (AvgIpc) is 3.04. The molecule has 1 saturated heterocycles. The molecule has 7 heteroatoms. The average molecular weight is 474 g/mol. The quantitative estimate of drug-likeness (QED) is 0.541. The zero-order chi connectivity index (χ0) is 24.9. The fourth-order valence-electron chi connectivity index (χ4n) is 4.78. The predicted octanol–water partition coefficient (Wildman–Crippen LogP) is 4.07. The van der Waals surface area contributed by atoms with E-state index in [0.29, 0.717) is 44.1 Å². The van der Waals surface area contributed by atoms with Gasteiger partial charge in [0, 0.05) is 55.7 Å². The normalized spacial score (nSPS) is 16.4. The molecular formula is C28H35N5O2. The van der Waals surface area contributed by atoms with Crippen LogP contribution in [-0.2, 0) is 11.2 Å². The number of hydrogen-bond acceptors (Lipinski definition) is 4. The minimum atomic E-state index is -0.0161. The van der Waals surface area contributed by atoms with Crippen molar-refractivity contribution in [2.24, 2.45) is 11.8 Å². The minimum absolute atomic E-state index is 0.0161. The van der Waals surface area contributed by atoms with Crippen LogP contribution in [-0.4, -0.2) is 62.6 Å². The number of aryl methyl sites for hydroxylation is 2. The van der Waals surface area contributed by atoms with Gasteiger partial charge in [-0.05, 0) is 68.5 Å². The molecule has 3 aromatic rings. The molecule has 1 atom stereocenters. The number of amides is 2. The maximum atomic E-state index is 13.7. The molecule has 1 unspecified atom stereocenters. The monoisotopic (exact) mass is 473 g/mol. The number of aromatic nitrogens is 3. The number of carbonyl (C=O) groups is 2. The zero-order valence-electron chi connectivity index (χ0n) is 21.1. The summed E-state index contributed by atoms with van der Waals surface area (Å²) in [6.07, 6.45) is 3.04. The predicted molar refractivity (Wildman–Crippen MR) is 136 cm³/mol. The fraction of sp³-hybridized carbons (Fsp3) is 0.429. The second-order valence-corrected chi connectivity index (χ2v) is 9.97. The molecule has 4 rings (SSSR count). The van der Waals surface area contributed by atoms with Crippen molar-refractivity contribution >= 4 is 11.8 Å². The molecule has 0 radical (unpaired) electrons. The van der Waals surface area contributed by atoms with Gasteiger partial charge < -0.3 is 9.80 Å². The number of hydrogen-bond donors (Lipinski definition) is 0. The van der Waals surface area contributed by atoms with E-state index in [1.807, 2.05) is 76.9 Å². The second-order valence-electron chi connectivity index (χ2n) is 9.97. The summed E-state index contributed by atoms with van der Waals surface area (Å²) in [5.41, 5.74) is 4.45. The summed E-state index contributed by atoms with van der Waals surface area (Å²) in [7, 11) is 0. The van der Waals surface area contributed by atoms with Crippen molar-refractivity contribution in [3.63, 3.8) is 0 Å². The number of carbonyl (C=O) groups excluding carboxylic acids is 2. The third-order valence-electron chi connectivity index (χ3n) is 6.39. The van der Waals surface area contributed by atoms with E-state index in [-0.39, 0.29) is 17.7 Å². The number of nitrogens with zero attached hydrogens (tertiary/aromatic N) is 5. The smallest absolute Gasteiger partial charge is 0.254 e. The first-order valence-electron chi connectivity index (χ1n) is 12.4. The lowest BCUT2D eigenvalue weighted by molar-refractivity contribution is -0.132. The molecule has 0 bridgehead atoms. The Morgan fingerprint density at radius 3 is 2.46 bits per heavy atom. The van der Waals surface area contributed by atoms with Crippen molar-refractivity contribution in [2.45, 2.75) is 40.5 Å². The zero-order valence-corrected chi connectivity index (χ0v) is 21.1. The summed E-state index contributed by atoms with van der Waals surface area (Å²) in [4.78, 5) is 34.9. The number of pyridine rings is 1. The van der Waals surface area contributed by atoms with Gasteiger partial charge in [0.1, 0.15) is 0 Å². The van der Waals surface area contributed by atoms with Crippen molar-refractivity contribution in [1.29, 1.82) is 0 Å². The largest absolute Gasteiger partial charge is 0.341 e. The van der Waals surface area contributed by atoms with Gasteiger partial charge in [0.2, 0.25) is 5.91 Å². The van der Waals surface area contributed by atoms with E-state index in [9.17, 15) is 9.59 Å². The Hall–Kier alpha value is -3.48. The number of rotatable bonds is 6. The van der Waals surface area contributed by atoms with Gasteiger partial charge in [0.05, 0.1) is 11.4 Å². The summed E-state index contributed by atoms with van der Waals surface area (Å²) >= 11 is 0. The lowest BCUT2D eigenvalue weighted by Crippen LogP contribution is -2.37. The Balaban J connectivity index is 1.57. The first-order chi connectivity index (χ1) is 16.8. The molecule has 1 fully saturated rings. The van der Waals surface area contributed by atoms with Gasteiger partial charge in [-0.2, -0.15) is 5.10 Å². The van der Waals surface area contributed by atoms with E-state index < -0.39 is 0 Å². The second kappa shape index (κ2) is 10.8. The van der Waals surface area contributed by atoms with Crippen LogP contribution >= 0.6 is 0 Å². The summed E-state index contributed by atoms with van der Waals surface area (Å²) in [6.45, 7) is 10.4. The first kappa shape index (κ1) is 24.6. The molecule has 1 aromatic carbocycles. The highest BCUT2D eigenvalue weighted by Gasteiger charge is 2.29. The molecule has 0 aliphatic carbocycles. The molecule has 0 N–H and O–H groups in total. The number of benzene rings is 1. The summed E-state index contributed by atoms with van der Waals surface area (Å²) in [6, 6.07) is 15.5. The molecule has 35 heavy (non-hydrogen) atoms. The van der Waals surface area contributed by atoms with Crippen LogP contribution in [0.2, 0.25) is 0 Å². The lowest BCUT2D eigenvalue weighted by Gasteiger charge is -2.25. The van der Waals surface area contributed by atoms with Gasteiger partial charge in [-0.25, -0.2) is 4.68 Å². The Morgan fingerprint density at radius 2 is 1.77 bits per heavy atom. The molecule has 2 aromatic heterocycles. The van der Waals surface area contributed by atoms with Gasteiger partial charge in [-0.15, -0.1) is 0 Å². The fourth-order valence-corrected chi connectivity index (χ4v) is 4.78. The molecule has 184 valence electrons. The molecule has 1 aliphatic heterocycles. The van der Waals surface area contributed by atoms with E-state index in [1.165, 1.54) is 0 Å². The molecule has 7 nitrogen and oxygen atoms in total. The van der Waals surface area contributed by atoms with E-state index in [0.717, 1.165) is 29.2 Å². The van der Waals surface area contributed by atoms with Crippen LogP contribution in [0.15, 0.2) is 54.7 Å². The lowest BCUT2D eigenvalue weighted by atomic mass is 10.0. The third-order valence-corrected chi connectivity index (χ3v) is 6.39. The topological polar surface area (TPSA) is 71.3 Å². The van der Waals surface area contributed by atoms with Crippen molar-refractivity contribution < 1.29 is 9.59 Å². The minimum Gasteiger partial charge on any atom is -0.341 e. The van der Waals surface area contributed by atoms with E-state index in [1.54, 1.807) is 6.20 Å². The van der Waals surface area contributed by atoms with Crippen molar-refractivity contribution in [3.8, 4) is 5.69 Å². The highest BCUT2D eigenvalue weighted by atomic mass is 16.2. The first-order valence-corrected chi connectivity index (χ1v) is 12.4. The Morgan fingerprint density at radius 1 is 1.00 bits per heavy atom. The SMILES string of the molecule is Cc1cc(C)n(-c2cccc(C(=O)N3CCN(C(=O)CC(C)C)CC(Cc4ccccn4)C3)c2)n1. The van der Waals surface area contributed by atoms with E-state index in [4.69, 9.17) is 0 Å². The maximum absolute atomic E-state index is 13.7. The van der Waals surface area contributed by atoms with Crippen LogP contribution in [0.25, 0.3) is 5.69 Å². The van der Waals surface area contributed by atoms with Gasteiger partial charge in [-0.1, -0.05) is 26.0 Å².